The van der Waals surface area contributed by atoms with Gasteiger partial charge in [0.05, 0.1) is 20.3 Å². The van der Waals surface area contributed by atoms with Crippen molar-refractivity contribution in [3.63, 3.8) is 0 Å². The number of para-hydroxylation sites is 1. The third-order valence-corrected chi connectivity index (χ3v) is 2.72. The average molecular weight is 252 g/mol. The molecule has 1 rings (SSSR count). The summed E-state index contributed by atoms with van der Waals surface area (Å²) in [5.74, 6) is 1.33. The highest BCUT2D eigenvalue weighted by molar-refractivity contribution is 5.80. The van der Waals surface area contributed by atoms with E-state index in [4.69, 9.17) is 9.47 Å². The van der Waals surface area contributed by atoms with Crippen LogP contribution in [-0.2, 0) is 11.3 Å². The van der Waals surface area contributed by atoms with Crippen molar-refractivity contribution in [2.75, 3.05) is 21.3 Å². The summed E-state index contributed by atoms with van der Waals surface area (Å²) < 4.78 is 10.5. The molecule has 0 saturated heterocycles. The minimum Gasteiger partial charge on any atom is -0.493 e. The first kappa shape index (κ1) is 14.3. The predicted molar refractivity (Wildman–Crippen MR) is 69.9 cm³/mol. The quantitative estimate of drug-likeness (QED) is 0.790. The average Bonchev–Trinajstić information content (AvgIpc) is 2.42. The molecule has 5 heteroatoms. The molecule has 5 nitrogen and oxygen atoms in total. The number of ether oxygens (including phenoxy) is 2. The van der Waals surface area contributed by atoms with Gasteiger partial charge in [-0.3, -0.25) is 4.79 Å². The Morgan fingerprint density at radius 2 is 2.06 bits per heavy atom. The first-order chi connectivity index (χ1) is 8.63. The molecule has 0 aliphatic heterocycles. The summed E-state index contributed by atoms with van der Waals surface area (Å²) in [6, 6.07) is 5.41. The zero-order chi connectivity index (χ0) is 13.5. The molecule has 1 amide bonds. The number of amides is 1. The Balaban J connectivity index is 2.75. The van der Waals surface area contributed by atoms with Gasteiger partial charge in [0, 0.05) is 19.2 Å². The van der Waals surface area contributed by atoms with Crippen LogP contribution in [0.1, 0.15) is 12.5 Å². The first-order valence-corrected chi connectivity index (χ1v) is 5.78. The second-order valence-electron chi connectivity index (χ2n) is 3.87. The molecule has 1 unspecified atom stereocenters. The molecule has 2 N–H and O–H groups in total. The van der Waals surface area contributed by atoms with Crippen molar-refractivity contribution in [2.45, 2.75) is 19.5 Å². The molecule has 0 radical (unpaired) electrons. The normalized spacial score (nSPS) is 11.8. The zero-order valence-corrected chi connectivity index (χ0v) is 11.2. The van der Waals surface area contributed by atoms with Crippen molar-refractivity contribution in [1.82, 2.24) is 10.6 Å². The smallest absolute Gasteiger partial charge is 0.236 e. The van der Waals surface area contributed by atoms with Gasteiger partial charge in [-0.25, -0.2) is 0 Å². The highest BCUT2D eigenvalue weighted by atomic mass is 16.5. The number of hydrogen-bond acceptors (Lipinski definition) is 4. The molecule has 0 aliphatic carbocycles. The Bertz CT molecular complexity index is 407. The van der Waals surface area contributed by atoms with Crippen LogP contribution >= 0.6 is 0 Å². The minimum atomic E-state index is -0.258. The summed E-state index contributed by atoms with van der Waals surface area (Å²) in [7, 11) is 4.82. The highest BCUT2D eigenvalue weighted by Gasteiger charge is 2.13. The largest absolute Gasteiger partial charge is 0.493 e. The lowest BCUT2D eigenvalue weighted by Gasteiger charge is -2.15. The Morgan fingerprint density at radius 3 is 2.61 bits per heavy atom. The molecule has 0 spiro atoms. The fraction of sp³-hybridized carbons (Fsp3) is 0.462. The van der Waals surface area contributed by atoms with Crippen molar-refractivity contribution in [3.8, 4) is 11.5 Å². The van der Waals surface area contributed by atoms with Crippen molar-refractivity contribution < 1.29 is 14.3 Å². The number of rotatable bonds is 6. The summed E-state index contributed by atoms with van der Waals surface area (Å²) in [6.07, 6.45) is 0. The van der Waals surface area contributed by atoms with E-state index in [1.165, 1.54) is 0 Å². The van der Waals surface area contributed by atoms with Gasteiger partial charge < -0.3 is 20.1 Å². The number of benzene rings is 1. The molecule has 0 saturated carbocycles. The number of carbonyl (C=O) groups excluding carboxylic acids is 1. The summed E-state index contributed by atoms with van der Waals surface area (Å²) in [5.41, 5.74) is 0.951. The zero-order valence-electron chi connectivity index (χ0n) is 11.2. The fourth-order valence-corrected chi connectivity index (χ4v) is 1.67. The second kappa shape index (κ2) is 6.86. The van der Waals surface area contributed by atoms with Crippen molar-refractivity contribution >= 4 is 5.91 Å². The number of carbonyl (C=O) groups is 1. The lowest BCUT2D eigenvalue weighted by Crippen LogP contribution is -2.40. The van der Waals surface area contributed by atoms with Crippen LogP contribution in [0.4, 0.5) is 0 Å². The van der Waals surface area contributed by atoms with E-state index in [1.54, 1.807) is 21.3 Å². The number of likely N-dealkylation sites (N-methyl/N-ethyl adjacent to an activating group) is 1. The maximum atomic E-state index is 11.4. The number of hydrogen-bond donors (Lipinski definition) is 2. The van der Waals surface area contributed by atoms with Crippen LogP contribution in [0.15, 0.2) is 18.2 Å². The number of nitrogens with one attached hydrogen (secondary N) is 2. The minimum absolute atomic E-state index is 0.0446. The second-order valence-corrected chi connectivity index (χ2v) is 3.87. The molecule has 0 fully saturated rings. The van der Waals surface area contributed by atoms with Crippen LogP contribution in [0.25, 0.3) is 0 Å². The molecule has 100 valence electrons. The van der Waals surface area contributed by atoms with E-state index >= 15 is 0 Å². The Hall–Kier alpha value is -1.75. The Kier molecular flexibility index (Phi) is 5.45. The van der Waals surface area contributed by atoms with Crippen LogP contribution in [0.3, 0.4) is 0 Å². The summed E-state index contributed by atoms with van der Waals surface area (Å²) >= 11 is 0. The molecule has 18 heavy (non-hydrogen) atoms. The molecule has 1 atom stereocenters. The third kappa shape index (κ3) is 3.37. The molecule has 1 aromatic rings. The SMILES string of the molecule is CNC(=O)C(C)NCc1cccc(OC)c1OC. The van der Waals surface area contributed by atoms with E-state index in [-0.39, 0.29) is 11.9 Å². The van der Waals surface area contributed by atoms with E-state index < -0.39 is 0 Å². The van der Waals surface area contributed by atoms with Crippen LogP contribution in [0, 0.1) is 0 Å². The lowest BCUT2D eigenvalue weighted by atomic mass is 10.1. The maximum absolute atomic E-state index is 11.4. The van der Waals surface area contributed by atoms with E-state index in [1.807, 2.05) is 25.1 Å². The summed E-state index contributed by atoms with van der Waals surface area (Å²) in [6.45, 7) is 2.35. The van der Waals surface area contributed by atoms with Gasteiger partial charge in [0.25, 0.3) is 0 Å². The van der Waals surface area contributed by atoms with Gasteiger partial charge in [-0.05, 0) is 13.0 Å². The van der Waals surface area contributed by atoms with Gasteiger partial charge in [-0.2, -0.15) is 0 Å². The third-order valence-electron chi connectivity index (χ3n) is 2.72. The van der Waals surface area contributed by atoms with Crippen LogP contribution in [0.5, 0.6) is 11.5 Å². The van der Waals surface area contributed by atoms with E-state index in [2.05, 4.69) is 10.6 Å². The van der Waals surface area contributed by atoms with Crippen molar-refractivity contribution in [2.24, 2.45) is 0 Å². The maximum Gasteiger partial charge on any atom is 0.236 e. The molecule has 0 aromatic heterocycles. The highest BCUT2D eigenvalue weighted by Crippen LogP contribution is 2.30. The van der Waals surface area contributed by atoms with Gasteiger partial charge in [-0.15, -0.1) is 0 Å². The molecular weight excluding hydrogens is 232 g/mol. The van der Waals surface area contributed by atoms with Gasteiger partial charge in [0.2, 0.25) is 5.91 Å². The molecule has 0 bridgehead atoms. The van der Waals surface area contributed by atoms with E-state index in [0.717, 1.165) is 5.56 Å². The van der Waals surface area contributed by atoms with Gasteiger partial charge in [0.1, 0.15) is 0 Å². The first-order valence-electron chi connectivity index (χ1n) is 5.78. The molecule has 1 aromatic carbocycles. The van der Waals surface area contributed by atoms with E-state index in [0.29, 0.717) is 18.0 Å². The van der Waals surface area contributed by atoms with Crippen LogP contribution in [0.2, 0.25) is 0 Å². The van der Waals surface area contributed by atoms with Crippen molar-refractivity contribution in [3.05, 3.63) is 23.8 Å². The predicted octanol–water partition coefficient (Wildman–Crippen LogP) is 0.928. The van der Waals surface area contributed by atoms with Gasteiger partial charge >= 0.3 is 0 Å². The topological polar surface area (TPSA) is 59.6 Å². The fourth-order valence-electron chi connectivity index (χ4n) is 1.67. The molecule has 0 aliphatic rings. The van der Waals surface area contributed by atoms with Crippen LogP contribution in [-0.4, -0.2) is 33.2 Å². The van der Waals surface area contributed by atoms with Crippen LogP contribution < -0.4 is 20.1 Å². The molecular formula is C13H20N2O3. The van der Waals surface area contributed by atoms with Crippen molar-refractivity contribution in [1.29, 1.82) is 0 Å². The Morgan fingerprint density at radius 1 is 1.33 bits per heavy atom. The lowest BCUT2D eigenvalue weighted by molar-refractivity contribution is -0.122. The van der Waals surface area contributed by atoms with Gasteiger partial charge in [0.15, 0.2) is 11.5 Å². The monoisotopic (exact) mass is 252 g/mol. The summed E-state index contributed by atoms with van der Waals surface area (Å²) in [5, 5.41) is 5.72. The van der Waals surface area contributed by atoms with E-state index in [9.17, 15) is 4.79 Å². The Labute approximate surface area is 107 Å². The standard InChI is InChI=1S/C13H20N2O3/c1-9(13(16)14-2)15-8-10-6-5-7-11(17-3)12(10)18-4/h5-7,9,15H,8H2,1-4H3,(H,14,16). The molecule has 0 heterocycles. The van der Waals surface area contributed by atoms with Gasteiger partial charge in [-0.1, -0.05) is 12.1 Å². The number of methoxy groups -OCH3 is 2. The summed E-state index contributed by atoms with van der Waals surface area (Å²) in [4.78, 5) is 11.4.